The topological polar surface area (TPSA) is 128 Å². The van der Waals surface area contributed by atoms with Gasteiger partial charge in [0.15, 0.2) is 5.82 Å². The van der Waals surface area contributed by atoms with Crippen LogP contribution in [0.2, 0.25) is 0 Å². The van der Waals surface area contributed by atoms with Crippen molar-refractivity contribution in [2.24, 2.45) is 0 Å². The van der Waals surface area contributed by atoms with E-state index in [-0.39, 0.29) is 23.7 Å². The third-order valence-electron chi connectivity index (χ3n) is 13.5. The van der Waals surface area contributed by atoms with Gasteiger partial charge in [0.1, 0.15) is 11.4 Å². The van der Waals surface area contributed by atoms with E-state index in [1.54, 1.807) is 36.3 Å². The minimum atomic E-state index is -1.34. The van der Waals surface area contributed by atoms with Crippen molar-refractivity contribution < 1.29 is 21.8 Å². The minimum absolute atomic E-state index is 0.0617. The Morgan fingerprint density at radius 1 is 1.02 bits per heavy atom. The number of hydrogen-bond donors (Lipinski definition) is 3. The monoisotopic (exact) mass is 829 g/mol. The van der Waals surface area contributed by atoms with Gasteiger partial charge in [-0.1, -0.05) is 30.3 Å². The highest BCUT2D eigenvalue weighted by molar-refractivity contribution is 5.94. The number of nitrogen functional groups attached to an aromatic ring is 1. The van der Waals surface area contributed by atoms with E-state index in [4.69, 9.17) is 13.2 Å². The maximum Gasteiger partial charge on any atom is 0.253 e. The highest BCUT2D eigenvalue weighted by Crippen LogP contribution is 2.39. The highest BCUT2D eigenvalue weighted by Gasteiger charge is 2.39. The van der Waals surface area contributed by atoms with Crippen LogP contribution in [0.3, 0.4) is 0 Å². The molecular formula is C48H58FN9O3. The average molecular weight is 830 g/mol. The van der Waals surface area contributed by atoms with E-state index >= 15 is 4.39 Å². The molecule has 0 saturated carbocycles. The number of phenols is 1. The van der Waals surface area contributed by atoms with Gasteiger partial charge in [-0.05, 0) is 92.3 Å². The summed E-state index contributed by atoms with van der Waals surface area (Å²) in [5.41, 5.74) is 13.0. The summed E-state index contributed by atoms with van der Waals surface area (Å²) < 4.78 is 41.2. The first-order valence-electron chi connectivity index (χ1n) is 22.7. The van der Waals surface area contributed by atoms with Crippen LogP contribution in [0.4, 0.5) is 21.6 Å². The number of phenolic OH excluding ortho intramolecular Hbond substituents is 1. The van der Waals surface area contributed by atoms with Crippen molar-refractivity contribution in [2.45, 2.75) is 69.7 Å². The Bertz CT molecular complexity index is 2490. The number of aryl methyl sites for hydroxylation is 2. The summed E-state index contributed by atoms with van der Waals surface area (Å²) in [5, 5.41) is 23.1. The highest BCUT2D eigenvalue weighted by atomic mass is 19.1. The number of para-hydroxylation sites is 1. The van der Waals surface area contributed by atoms with Crippen molar-refractivity contribution in [3.8, 4) is 17.0 Å². The van der Waals surface area contributed by atoms with Gasteiger partial charge < -0.3 is 39.7 Å². The third kappa shape index (κ3) is 8.30. The van der Waals surface area contributed by atoms with E-state index in [0.717, 1.165) is 54.9 Å². The van der Waals surface area contributed by atoms with Gasteiger partial charge in [0.05, 0.1) is 25.5 Å². The lowest BCUT2D eigenvalue weighted by atomic mass is 9.88. The summed E-state index contributed by atoms with van der Waals surface area (Å²) in [6.07, 6.45) is 9.07. The Kier molecular flexibility index (Phi) is 10.8. The summed E-state index contributed by atoms with van der Waals surface area (Å²) in [7, 11) is 1.71. The first-order valence-corrected chi connectivity index (χ1v) is 21.6. The zero-order valence-corrected chi connectivity index (χ0v) is 35.3. The molecule has 4 aliphatic rings. The summed E-state index contributed by atoms with van der Waals surface area (Å²) in [6, 6.07) is 21.2. The predicted octanol–water partition coefficient (Wildman–Crippen LogP) is 7.17. The molecule has 4 aliphatic heterocycles. The van der Waals surface area contributed by atoms with Gasteiger partial charge in [-0.15, -0.1) is 10.2 Å². The number of nitrogens with two attached hydrogens (primary N) is 1. The number of carbonyl (C=O) groups excluding carboxylic acids is 1. The number of halogens is 1. The van der Waals surface area contributed by atoms with Gasteiger partial charge in [0, 0.05) is 126 Å². The molecule has 5 aromatic rings. The second-order valence-corrected chi connectivity index (χ2v) is 17.3. The smallest absolute Gasteiger partial charge is 0.253 e. The molecule has 3 fully saturated rings. The molecule has 1 amide bonds. The van der Waals surface area contributed by atoms with Crippen molar-refractivity contribution in [1.29, 1.82) is 0 Å². The second-order valence-electron chi connectivity index (χ2n) is 17.3. The molecule has 12 nitrogen and oxygen atoms in total. The van der Waals surface area contributed by atoms with Crippen LogP contribution in [0, 0.1) is 13.8 Å². The number of hydrogen-bond acceptors (Lipinski definition) is 10. The van der Waals surface area contributed by atoms with Crippen molar-refractivity contribution in [2.75, 3.05) is 81.6 Å². The Morgan fingerprint density at radius 2 is 1.79 bits per heavy atom. The molecule has 3 saturated heterocycles. The second kappa shape index (κ2) is 17.1. The molecule has 4 atom stereocenters. The van der Waals surface area contributed by atoms with E-state index < -0.39 is 18.8 Å². The van der Waals surface area contributed by atoms with Crippen molar-refractivity contribution in [3.63, 3.8) is 0 Å². The van der Waals surface area contributed by atoms with Crippen molar-refractivity contribution >= 4 is 34.0 Å². The number of carbonyl (C=O) groups is 1. The number of anilines is 3. The molecule has 0 spiro atoms. The average Bonchev–Trinajstić information content (AvgIpc) is 3.63. The molecule has 0 radical (unpaired) electrons. The fraction of sp³-hybridized carbons (Fsp3) is 0.438. The van der Waals surface area contributed by atoms with Gasteiger partial charge in [-0.2, -0.15) is 0 Å². The number of nitrogens with zero attached hydrogens (tertiary/aromatic N) is 7. The van der Waals surface area contributed by atoms with Crippen LogP contribution in [0.1, 0.15) is 73.9 Å². The number of amides is 1. The number of methoxy groups -OCH3 is 1. The van der Waals surface area contributed by atoms with Crippen LogP contribution in [-0.2, 0) is 4.74 Å². The molecule has 2 aromatic heterocycles. The number of aromatic nitrogens is 3. The number of alkyl halides is 1. The number of rotatable bonds is 9. The van der Waals surface area contributed by atoms with Crippen molar-refractivity contribution in [3.05, 3.63) is 107 Å². The van der Waals surface area contributed by atoms with E-state index in [2.05, 4.69) is 62.1 Å². The molecule has 6 heterocycles. The van der Waals surface area contributed by atoms with Crippen molar-refractivity contribution in [1.82, 2.24) is 29.9 Å². The summed E-state index contributed by atoms with van der Waals surface area (Å²) in [4.78, 5) is 21.8. The number of nitrogens with one attached hydrogen (secondary N) is 1. The Balaban J connectivity index is 0.790. The molecule has 4 N–H and O–H groups in total. The van der Waals surface area contributed by atoms with Gasteiger partial charge in [0.25, 0.3) is 5.91 Å². The molecule has 2 unspecified atom stereocenters. The fourth-order valence-electron chi connectivity index (χ4n) is 10.1. The molecule has 0 bridgehead atoms. The molecule has 0 aliphatic carbocycles. The fourth-order valence-corrected chi connectivity index (χ4v) is 10.1. The van der Waals surface area contributed by atoms with Crippen LogP contribution in [-0.4, -0.2) is 113 Å². The van der Waals surface area contributed by atoms with Crippen LogP contribution >= 0.6 is 0 Å². The van der Waals surface area contributed by atoms with E-state index in [9.17, 15) is 9.90 Å². The van der Waals surface area contributed by atoms with E-state index in [0.29, 0.717) is 74.2 Å². The summed E-state index contributed by atoms with van der Waals surface area (Å²) in [5.74, 6) is 0.448. The largest absolute Gasteiger partial charge is 0.507 e. The number of likely N-dealkylation sites (tertiary alicyclic amines) is 2. The van der Waals surface area contributed by atoms with Gasteiger partial charge >= 0.3 is 0 Å². The summed E-state index contributed by atoms with van der Waals surface area (Å²) in [6.45, 7) is 7.01. The normalized spacial score (nSPS) is 24.2. The first kappa shape index (κ1) is 38.4. The molecule has 320 valence electrons. The zero-order valence-electron chi connectivity index (χ0n) is 37.3. The quantitative estimate of drug-likeness (QED) is 0.141. The summed E-state index contributed by atoms with van der Waals surface area (Å²) >= 11 is 0. The Labute approximate surface area is 360 Å². The predicted molar refractivity (Wildman–Crippen MR) is 240 cm³/mol. The lowest BCUT2D eigenvalue weighted by Gasteiger charge is -2.41. The van der Waals surface area contributed by atoms with E-state index in [1.165, 1.54) is 16.5 Å². The van der Waals surface area contributed by atoms with E-state index in [1.807, 2.05) is 47.5 Å². The van der Waals surface area contributed by atoms with Crippen LogP contribution < -0.4 is 20.9 Å². The molecule has 13 heteroatoms. The number of piperidine rings is 3. The number of benzene rings is 3. The Morgan fingerprint density at radius 3 is 2.52 bits per heavy atom. The molecular weight excluding hydrogens is 770 g/mol. The molecule has 61 heavy (non-hydrogen) atoms. The lowest BCUT2D eigenvalue weighted by Crippen LogP contribution is -2.51. The van der Waals surface area contributed by atoms with Gasteiger partial charge in [0.2, 0.25) is 0 Å². The van der Waals surface area contributed by atoms with Crippen LogP contribution in [0.5, 0.6) is 5.75 Å². The number of aromatic hydroxyl groups is 1. The van der Waals surface area contributed by atoms with Crippen LogP contribution in [0.25, 0.3) is 22.2 Å². The van der Waals surface area contributed by atoms with Gasteiger partial charge in [-0.3, -0.25) is 10.1 Å². The minimum Gasteiger partial charge on any atom is -0.507 e. The molecule has 3 aromatic carbocycles. The SMILES string of the molecule is [2H]C1C=CN(c2ccc3c(c(C)cn3C3CCN(CC4(F)CCN(C(=O)c5ccc([C@H]6C[C@@H](OC)CN(c7cc(-c8ccccc8O)nnc7N)C6)cc5)CC4)CC3)c2C)C([2H])N1. The third-order valence-corrected chi connectivity index (χ3v) is 13.5. The van der Waals surface area contributed by atoms with Crippen LogP contribution in [0.15, 0.2) is 85.2 Å². The van der Waals surface area contributed by atoms with Gasteiger partial charge in [-0.25, -0.2) is 4.39 Å². The number of fused-ring (bicyclic) bond motifs is 1. The first-order chi connectivity index (χ1) is 30.4. The maximum absolute atomic E-state index is 16.5. The zero-order chi connectivity index (χ0) is 44.0. The lowest BCUT2D eigenvalue weighted by molar-refractivity contribution is 0.0158. The maximum atomic E-state index is 16.5. The number of ether oxygens (including phenoxy) is 1. The Hall–Kier alpha value is -5.50. The standard InChI is InChI=1S/C48H58FN9O3/c1-32-27-58(42-14-13-41(33(2)45(32)42)56-20-6-19-51-31-56)37-15-21-54(22-16-37)30-48(49)17-23-55(24-18-48)47(60)35-11-9-34(10-12-35)36-25-38(61-3)29-57(28-36)43-26-40(52-53-46(43)50)39-7-4-5-8-44(39)59/h4-14,20,26-27,36-38,51,59H,15-19,21-25,28-31H2,1-3H3,(H2,50,53)/t36-,38+/m0/s1/i19D,31D/t19?,31?,36-,38+. The molecule has 9 rings (SSSR count).